The largest absolute Gasteiger partial charge is 0.497 e. The summed E-state index contributed by atoms with van der Waals surface area (Å²) >= 11 is 1.25. The maximum atomic E-state index is 13.0. The number of nitrogens with zero attached hydrogens (tertiary/aromatic N) is 2. The van der Waals surface area contributed by atoms with Crippen LogP contribution in [0.4, 0.5) is 4.39 Å². The number of methoxy groups -OCH3 is 2. The standard InChI is InChI=1S/C18H15FN2O4S/c1-24-13-7-8-14-15(9-13)26-18(21(14)10-16(22)25-2)20-17(23)11-3-5-12(19)6-4-11/h3-9H,10H2,1-2H3. The van der Waals surface area contributed by atoms with Gasteiger partial charge in [-0.25, -0.2) is 4.39 Å². The van der Waals surface area contributed by atoms with Gasteiger partial charge in [-0.1, -0.05) is 11.3 Å². The number of fused-ring (bicyclic) bond motifs is 1. The van der Waals surface area contributed by atoms with Gasteiger partial charge in [0.15, 0.2) is 4.80 Å². The number of hydrogen-bond donors (Lipinski definition) is 0. The number of halogens is 1. The fourth-order valence-corrected chi connectivity index (χ4v) is 3.41. The van der Waals surface area contributed by atoms with Crippen LogP contribution in [0.5, 0.6) is 5.75 Å². The lowest BCUT2D eigenvalue weighted by molar-refractivity contribution is -0.141. The first kappa shape index (κ1) is 17.8. The highest BCUT2D eigenvalue weighted by atomic mass is 32.1. The molecule has 3 rings (SSSR count). The fraction of sp³-hybridized carbons (Fsp3) is 0.167. The number of ether oxygens (including phenoxy) is 2. The normalized spacial score (nSPS) is 11.6. The van der Waals surface area contributed by atoms with Crippen molar-refractivity contribution in [3.63, 3.8) is 0 Å². The van der Waals surface area contributed by atoms with Crippen LogP contribution >= 0.6 is 11.3 Å². The maximum absolute atomic E-state index is 13.0. The summed E-state index contributed by atoms with van der Waals surface area (Å²) in [6.07, 6.45) is 0. The molecule has 0 aliphatic heterocycles. The molecule has 6 nitrogen and oxygen atoms in total. The molecule has 0 N–H and O–H groups in total. The zero-order valence-electron chi connectivity index (χ0n) is 14.1. The summed E-state index contributed by atoms with van der Waals surface area (Å²) in [5.74, 6) is -0.769. The molecule has 1 amide bonds. The van der Waals surface area contributed by atoms with Crippen LogP contribution in [0.2, 0.25) is 0 Å². The van der Waals surface area contributed by atoms with E-state index < -0.39 is 17.7 Å². The van der Waals surface area contributed by atoms with Crippen molar-refractivity contribution in [1.29, 1.82) is 0 Å². The van der Waals surface area contributed by atoms with Crippen LogP contribution in [0.1, 0.15) is 10.4 Å². The van der Waals surface area contributed by atoms with Crippen molar-refractivity contribution >= 4 is 33.4 Å². The summed E-state index contributed by atoms with van der Waals surface area (Å²) in [5, 5.41) is 0. The zero-order chi connectivity index (χ0) is 18.7. The Morgan fingerprint density at radius 2 is 1.88 bits per heavy atom. The molecule has 2 aromatic carbocycles. The number of carbonyl (C=O) groups excluding carboxylic acids is 2. The molecule has 134 valence electrons. The number of thiazole rings is 1. The SMILES string of the molecule is COC(=O)Cn1c(=NC(=O)c2ccc(F)cc2)sc2cc(OC)ccc21. The molecule has 1 aromatic heterocycles. The molecule has 3 aromatic rings. The minimum atomic E-state index is -0.526. The quantitative estimate of drug-likeness (QED) is 0.659. The molecule has 26 heavy (non-hydrogen) atoms. The van der Waals surface area contributed by atoms with Gasteiger partial charge in [-0.15, -0.1) is 0 Å². The highest BCUT2D eigenvalue weighted by Crippen LogP contribution is 2.23. The molecule has 8 heteroatoms. The van der Waals surface area contributed by atoms with Crippen molar-refractivity contribution < 1.29 is 23.5 Å². The van der Waals surface area contributed by atoms with Crippen LogP contribution in [0.25, 0.3) is 10.2 Å². The van der Waals surface area contributed by atoms with E-state index >= 15 is 0 Å². The van der Waals surface area contributed by atoms with Crippen LogP contribution in [-0.4, -0.2) is 30.7 Å². The number of hydrogen-bond acceptors (Lipinski definition) is 5. The summed E-state index contributed by atoms with van der Waals surface area (Å²) < 4.78 is 25.4. The number of carbonyl (C=O) groups is 2. The third kappa shape index (κ3) is 3.65. The molecule has 0 fully saturated rings. The summed E-state index contributed by atoms with van der Waals surface area (Å²) in [4.78, 5) is 28.6. The second-order valence-corrected chi connectivity index (χ2v) is 6.31. The lowest BCUT2D eigenvalue weighted by Crippen LogP contribution is -2.22. The van der Waals surface area contributed by atoms with Gasteiger partial charge in [-0.2, -0.15) is 4.99 Å². The third-order valence-electron chi connectivity index (χ3n) is 3.69. The predicted molar refractivity (Wildman–Crippen MR) is 94.7 cm³/mol. The van der Waals surface area contributed by atoms with E-state index in [-0.39, 0.29) is 12.1 Å². The minimum Gasteiger partial charge on any atom is -0.497 e. The third-order valence-corrected chi connectivity index (χ3v) is 4.73. The molecular weight excluding hydrogens is 359 g/mol. The van der Waals surface area contributed by atoms with Gasteiger partial charge in [0.25, 0.3) is 5.91 Å². The van der Waals surface area contributed by atoms with Gasteiger partial charge in [-0.3, -0.25) is 9.59 Å². The number of benzene rings is 2. The molecule has 0 bridgehead atoms. The van der Waals surface area contributed by atoms with E-state index in [2.05, 4.69) is 4.99 Å². The van der Waals surface area contributed by atoms with Gasteiger partial charge >= 0.3 is 5.97 Å². The Bertz CT molecular complexity index is 1040. The Balaban J connectivity index is 2.13. The lowest BCUT2D eigenvalue weighted by atomic mass is 10.2. The molecule has 0 saturated carbocycles. The molecule has 0 radical (unpaired) electrons. The molecule has 1 heterocycles. The number of amides is 1. The summed E-state index contributed by atoms with van der Waals surface area (Å²) in [6, 6.07) is 10.5. The van der Waals surface area contributed by atoms with Crippen molar-refractivity contribution in [1.82, 2.24) is 4.57 Å². The van der Waals surface area contributed by atoms with E-state index in [0.29, 0.717) is 10.6 Å². The smallest absolute Gasteiger partial charge is 0.325 e. The van der Waals surface area contributed by atoms with E-state index in [0.717, 1.165) is 10.2 Å². The van der Waals surface area contributed by atoms with Gasteiger partial charge in [0.05, 0.1) is 24.4 Å². The van der Waals surface area contributed by atoms with Crippen molar-refractivity contribution in [2.45, 2.75) is 6.54 Å². The summed E-state index contributed by atoms with van der Waals surface area (Å²) in [7, 11) is 2.85. The summed E-state index contributed by atoms with van der Waals surface area (Å²) in [6.45, 7) is -0.0850. The van der Waals surface area contributed by atoms with Gasteiger partial charge in [0, 0.05) is 5.56 Å². The zero-order valence-corrected chi connectivity index (χ0v) is 14.9. The predicted octanol–water partition coefficient (Wildman–Crippen LogP) is 2.76. The number of aromatic nitrogens is 1. The molecule has 0 atom stereocenters. The highest BCUT2D eigenvalue weighted by Gasteiger charge is 2.13. The fourth-order valence-electron chi connectivity index (χ4n) is 2.36. The second-order valence-electron chi connectivity index (χ2n) is 5.30. The van der Waals surface area contributed by atoms with Gasteiger partial charge in [0.1, 0.15) is 18.1 Å². The average Bonchev–Trinajstić information content (AvgIpc) is 2.98. The molecule has 0 aliphatic rings. The van der Waals surface area contributed by atoms with E-state index in [1.54, 1.807) is 29.9 Å². The van der Waals surface area contributed by atoms with Crippen LogP contribution in [0, 0.1) is 5.82 Å². The van der Waals surface area contributed by atoms with E-state index in [4.69, 9.17) is 9.47 Å². The van der Waals surface area contributed by atoms with Crippen molar-refractivity contribution in [2.75, 3.05) is 14.2 Å². The van der Waals surface area contributed by atoms with E-state index in [9.17, 15) is 14.0 Å². The van der Waals surface area contributed by atoms with Gasteiger partial charge in [-0.05, 0) is 42.5 Å². The van der Waals surface area contributed by atoms with Crippen LogP contribution in [0.15, 0.2) is 47.5 Å². The maximum Gasteiger partial charge on any atom is 0.325 e. The highest BCUT2D eigenvalue weighted by molar-refractivity contribution is 7.16. The van der Waals surface area contributed by atoms with Crippen LogP contribution < -0.4 is 9.54 Å². The monoisotopic (exact) mass is 374 g/mol. The Kier molecular flexibility index (Phi) is 5.13. The Labute approximate surface area is 152 Å². The molecule has 0 aliphatic carbocycles. The van der Waals surface area contributed by atoms with E-state index in [1.165, 1.54) is 42.7 Å². The first-order valence-electron chi connectivity index (χ1n) is 7.60. The lowest BCUT2D eigenvalue weighted by Gasteiger charge is -2.04. The Morgan fingerprint density at radius 1 is 1.15 bits per heavy atom. The summed E-state index contributed by atoms with van der Waals surface area (Å²) in [5.41, 5.74) is 0.984. The molecule has 0 spiro atoms. The molecule has 0 unspecified atom stereocenters. The average molecular weight is 374 g/mol. The van der Waals surface area contributed by atoms with E-state index in [1.807, 2.05) is 0 Å². The minimum absolute atomic E-state index is 0.0850. The number of esters is 1. The number of rotatable bonds is 4. The van der Waals surface area contributed by atoms with Gasteiger partial charge < -0.3 is 14.0 Å². The van der Waals surface area contributed by atoms with Crippen LogP contribution in [0.3, 0.4) is 0 Å². The van der Waals surface area contributed by atoms with Crippen molar-refractivity contribution in [2.24, 2.45) is 4.99 Å². The first-order valence-corrected chi connectivity index (χ1v) is 8.42. The topological polar surface area (TPSA) is 69.9 Å². The molecular formula is C18H15FN2O4S. The second kappa shape index (κ2) is 7.49. The van der Waals surface area contributed by atoms with Gasteiger partial charge in [0.2, 0.25) is 0 Å². The van der Waals surface area contributed by atoms with Crippen LogP contribution in [-0.2, 0) is 16.1 Å². The Hall–Kier alpha value is -3.00. The van der Waals surface area contributed by atoms with Crippen molar-refractivity contribution in [3.05, 3.63) is 58.6 Å². The molecule has 0 saturated heterocycles. The Morgan fingerprint density at radius 3 is 2.54 bits per heavy atom. The van der Waals surface area contributed by atoms with Crippen molar-refractivity contribution in [3.8, 4) is 5.75 Å². The first-order chi connectivity index (χ1) is 12.5.